The molecule has 0 spiro atoms. The quantitative estimate of drug-likeness (QED) is 0.376. The average Bonchev–Trinajstić information content (AvgIpc) is 3.52. The van der Waals surface area contributed by atoms with E-state index in [1.807, 2.05) is 24.5 Å². The van der Waals surface area contributed by atoms with Crippen LogP contribution < -0.4 is 4.90 Å². The van der Waals surface area contributed by atoms with Crippen LogP contribution in [-0.4, -0.2) is 52.7 Å². The Morgan fingerprint density at radius 2 is 1.85 bits per heavy atom. The van der Waals surface area contributed by atoms with Gasteiger partial charge in [-0.3, -0.25) is 4.57 Å². The molecule has 4 aromatic rings. The van der Waals surface area contributed by atoms with Gasteiger partial charge in [0.1, 0.15) is 5.82 Å². The van der Waals surface area contributed by atoms with Crippen LogP contribution in [0.4, 0.5) is 10.1 Å². The molecule has 1 saturated heterocycles. The van der Waals surface area contributed by atoms with Crippen LogP contribution in [0.15, 0.2) is 67.1 Å². The molecule has 2 aliphatic heterocycles. The van der Waals surface area contributed by atoms with E-state index in [0.717, 1.165) is 48.8 Å². The van der Waals surface area contributed by atoms with E-state index in [9.17, 15) is 4.39 Å². The molecule has 0 aliphatic carbocycles. The fourth-order valence-corrected chi connectivity index (χ4v) is 5.58. The summed E-state index contributed by atoms with van der Waals surface area (Å²) in [7, 11) is 4.32. The van der Waals surface area contributed by atoms with E-state index >= 15 is 0 Å². The Morgan fingerprint density at radius 3 is 2.65 bits per heavy atom. The molecule has 0 N–H and O–H groups in total. The highest BCUT2D eigenvalue weighted by molar-refractivity contribution is 5.72. The lowest BCUT2D eigenvalue weighted by Crippen LogP contribution is -2.27. The Kier molecular flexibility index (Phi) is 5.06. The lowest BCUT2D eigenvalue weighted by Gasteiger charge is -2.22. The Hall–Kier alpha value is -3.38. The van der Waals surface area contributed by atoms with Crippen LogP contribution in [-0.2, 0) is 6.54 Å². The predicted molar refractivity (Wildman–Crippen MR) is 135 cm³/mol. The number of nitrogens with zero attached hydrogens (tertiary/aromatic N) is 5. The topological polar surface area (TPSA) is 29.2 Å². The molecule has 0 radical (unpaired) electrons. The number of anilines is 1. The van der Waals surface area contributed by atoms with Crippen molar-refractivity contribution in [1.29, 1.82) is 0 Å². The summed E-state index contributed by atoms with van der Waals surface area (Å²) in [5, 5.41) is 0. The van der Waals surface area contributed by atoms with Gasteiger partial charge in [-0.2, -0.15) is 0 Å². The molecule has 2 aromatic heterocycles. The van der Waals surface area contributed by atoms with Crippen molar-refractivity contribution in [3.8, 4) is 28.3 Å². The summed E-state index contributed by atoms with van der Waals surface area (Å²) in [5.41, 5.74) is 6.91. The van der Waals surface area contributed by atoms with Gasteiger partial charge in [-0.15, -0.1) is 0 Å². The number of halogens is 1. The third-order valence-electron chi connectivity index (χ3n) is 7.34. The minimum Gasteiger partial charge on any atom is -0.371 e. The van der Waals surface area contributed by atoms with E-state index in [-0.39, 0.29) is 5.82 Å². The highest BCUT2D eigenvalue weighted by Crippen LogP contribution is 2.36. The lowest BCUT2D eigenvalue weighted by atomic mass is 9.98. The number of fused-ring (bicyclic) bond motifs is 5. The second kappa shape index (κ2) is 8.13. The molecular formula is C28H30FN5. The van der Waals surface area contributed by atoms with Crippen molar-refractivity contribution in [3.63, 3.8) is 0 Å². The maximum Gasteiger partial charge on any atom is 0.161 e. The van der Waals surface area contributed by atoms with Gasteiger partial charge >= 0.3 is 0 Å². The molecule has 0 amide bonds. The maximum atomic E-state index is 13.5. The first-order chi connectivity index (χ1) is 16.5. The highest BCUT2D eigenvalue weighted by Gasteiger charge is 2.30. The van der Waals surface area contributed by atoms with Gasteiger partial charge in [0.2, 0.25) is 0 Å². The normalized spacial score (nSPS) is 19.1. The molecule has 6 heteroatoms. The van der Waals surface area contributed by atoms with E-state index in [1.54, 1.807) is 0 Å². The van der Waals surface area contributed by atoms with E-state index < -0.39 is 0 Å². The van der Waals surface area contributed by atoms with Crippen LogP contribution in [0.3, 0.4) is 0 Å². The first kappa shape index (κ1) is 21.2. The van der Waals surface area contributed by atoms with Gasteiger partial charge < -0.3 is 14.4 Å². The summed E-state index contributed by atoms with van der Waals surface area (Å²) < 4.78 is 17.9. The standard InChI is InChI=1S/C28H30FN5/c1-19-14-32(18-23(19)15-31(2)3)25-8-9-26-22(12-25)17-33-16-21(20-4-6-24(29)7-5-20)13-27(33)28-30-10-11-34(26)28/h4-13,16,19,23H,14-15,17-18H2,1-3H3/t19-,23+/m0/s1. The number of benzene rings is 2. The van der Waals surface area contributed by atoms with Gasteiger partial charge in [0.15, 0.2) is 5.82 Å². The van der Waals surface area contributed by atoms with Crippen LogP contribution >= 0.6 is 0 Å². The maximum absolute atomic E-state index is 13.5. The smallest absolute Gasteiger partial charge is 0.161 e. The fourth-order valence-electron chi connectivity index (χ4n) is 5.58. The van der Waals surface area contributed by atoms with Gasteiger partial charge in [-0.05, 0) is 73.5 Å². The van der Waals surface area contributed by atoms with Crippen LogP contribution in [0.2, 0.25) is 0 Å². The van der Waals surface area contributed by atoms with E-state index in [4.69, 9.17) is 4.98 Å². The minimum atomic E-state index is -0.217. The molecule has 6 rings (SSSR count). The first-order valence-corrected chi connectivity index (χ1v) is 12.0. The Morgan fingerprint density at radius 1 is 1.03 bits per heavy atom. The minimum absolute atomic E-state index is 0.217. The second-order valence-electron chi connectivity index (χ2n) is 10.1. The van der Waals surface area contributed by atoms with Crippen molar-refractivity contribution in [2.75, 3.05) is 38.6 Å². The SMILES string of the molecule is C[C@H]1CN(c2ccc3c(c2)Cn2cc(-c4ccc(F)cc4)cc2-c2nccn2-3)C[C@H]1CN(C)C. The Labute approximate surface area is 200 Å². The molecule has 5 nitrogen and oxygen atoms in total. The molecule has 2 aromatic carbocycles. The summed E-state index contributed by atoms with van der Waals surface area (Å²) in [4.78, 5) is 9.53. The van der Waals surface area contributed by atoms with E-state index in [2.05, 4.69) is 70.4 Å². The van der Waals surface area contributed by atoms with Crippen molar-refractivity contribution < 1.29 is 4.39 Å². The van der Waals surface area contributed by atoms with Crippen molar-refractivity contribution in [3.05, 3.63) is 78.5 Å². The molecule has 0 bridgehead atoms. The van der Waals surface area contributed by atoms with Crippen molar-refractivity contribution in [1.82, 2.24) is 19.0 Å². The van der Waals surface area contributed by atoms with E-state index in [1.165, 1.54) is 29.1 Å². The molecule has 1 fully saturated rings. The summed E-state index contributed by atoms with van der Waals surface area (Å²) >= 11 is 0. The van der Waals surface area contributed by atoms with Gasteiger partial charge in [-0.25, -0.2) is 9.37 Å². The second-order valence-corrected chi connectivity index (χ2v) is 10.1. The summed E-state index contributed by atoms with van der Waals surface area (Å²) in [5.74, 6) is 2.07. The molecule has 0 saturated carbocycles. The van der Waals surface area contributed by atoms with Crippen molar-refractivity contribution in [2.24, 2.45) is 11.8 Å². The van der Waals surface area contributed by atoms with Gasteiger partial charge in [-0.1, -0.05) is 19.1 Å². The van der Waals surface area contributed by atoms with Gasteiger partial charge in [0, 0.05) is 56.0 Å². The number of hydrogen-bond donors (Lipinski definition) is 0. The number of hydrogen-bond acceptors (Lipinski definition) is 3. The summed E-state index contributed by atoms with van der Waals surface area (Å²) in [6.45, 7) is 6.46. The zero-order chi connectivity index (χ0) is 23.4. The third-order valence-corrected chi connectivity index (χ3v) is 7.34. The van der Waals surface area contributed by atoms with Crippen LogP contribution in [0, 0.1) is 17.7 Å². The van der Waals surface area contributed by atoms with Crippen LogP contribution in [0.5, 0.6) is 0 Å². The summed E-state index contributed by atoms with van der Waals surface area (Å²) in [6.07, 6.45) is 6.06. The molecule has 174 valence electrons. The summed E-state index contributed by atoms with van der Waals surface area (Å²) in [6, 6.07) is 15.7. The van der Waals surface area contributed by atoms with Crippen molar-refractivity contribution in [2.45, 2.75) is 13.5 Å². The zero-order valence-corrected chi connectivity index (χ0v) is 19.9. The largest absolute Gasteiger partial charge is 0.371 e. The van der Waals surface area contributed by atoms with Crippen LogP contribution in [0.25, 0.3) is 28.3 Å². The van der Waals surface area contributed by atoms with Gasteiger partial charge in [0.05, 0.1) is 11.4 Å². The van der Waals surface area contributed by atoms with Gasteiger partial charge in [0.25, 0.3) is 0 Å². The fraction of sp³-hybridized carbons (Fsp3) is 0.321. The number of rotatable bonds is 4. The zero-order valence-electron chi connectivity index (χ0n) is 19.9. The molecular weight excluding hydrogens is 425 g/mol. The lowest BCUT2D eigenvalue weighted by molar-refractivity contribution is 0.301. The molecule has 4 heterocycles. The number of imidazole rings is 1. The molecule has 0 unspecified atom stereocenters. The molecule has 2 aliphatic rings. The highest BCUT2D eigenvalue weighted by atomic mass is 19.1. The number of aromatic nitrogens is 3. The first-order valence-electron chi connectivity index (χ1n) is 12.0. The molecule has 2 atom stereocenters. The third kappa shape index (κ3) is 3.62. The van der Waals surface area contributed by atoms with Crippen molar-refractivity contribution >= 4 is 5.69 Å². The Bertz CT molecular complexity index is 1330. The predicted octanol–water partition coefficient (Wildman–Crippen LogP) is 5.14. The Balaban J connectivity index is 1.37. The monoisotopic (exact) mass is 455 g/mol. The van der Waals surface area contributed by atoms with Crippen LogP contribution in [0.1, 0.15) is 12.5 Å². The molecule has 34 heavy (non-hydrogen) atoms. The van der Waals surface area contributed by atoms with E-state index in [0.29, 0.717) is 11.8 Å². The average molecular weight is 456 g/mol.